The lowest BCUT2D eigenvalue weighted by Gasteiger charge is -2.17. The molecule has 3 aromatic rings. The zero-order chi connectivity index (χ0) is 23.1. The number of ether oxygens (including phenoxy) is 4. The fourth-order valence-corrected chi connectivity index (χ4v) is 3.62. The van der Waals surface area contributed by atoms with Crippen molar-refractivity contribution in [2.24, 2.45) is 0 Å². The predicted molar refractivity (Wildman–Crippen MR) is 124 cm³/mol. The summed E-state index contributed by atoms with van der Waals surface area (Å²) in [6, 6.07) is 9.41. The first-order chi connectivity index (χ1) is 15.5. The van der Waals surface area contributed by atoms with Gasteiger partial charge in [-0.15, -0.1) is 0 Å². The number of nitrogens with zero attached hydrogens (tertiary/aromatic N) is 3. The largest absolute Gasteiger partial charge is 0.493 e. The van der Waals surface area contributed by atoms with Crippen molar-refractivity contribution in [1.82, 2.24) is 14.5 Å². The van der Waals surface area contributed by atoms with E-state index in [9.17, 15) is 4.79 Å². The normalized spacial score (nSPS) is 11.1. The molecule has 2 aromatic carbocycles. The summed E-state index contributed by atoms with van der Waals surface area (Å²) in [6.07, 6.45) is 3.33. The third-order valence-electron chi connectivity index (χ3n) is 5.50. The Bertz CT molecular complexity index is 1110. The van der Waals surface area contributed by atoms with E-state index in [1.165, 1.54) is 5.56 Å². The van der Waals surface area contributed by atoms with Gasteiger partial charge < -0.3 is 23.8 Å². The monoisotopic (exact) mass is 441 g/mol. The molecule has 0 unspecified atom stereocenters. The minimum absolute atomic E-state index is 0.0797. The van der Waals surface area contributed by atoms with Gasteiger partial charge in [0.1, 0.15) is 0 Å². The van der Waals surface area contributed by atoms with Crippen LogP contribution >= 0.6 is 0 Å². The Hall–Kier alpha value is -3.26. The second kappa shape index (κ2) is 10.9. The summed E-state index contributed by atoms with van der Waals surface area (Å²) < 4.78 is 22.9. The summed E-state index contributed by atoms with van der Waals surface area (Å²) >= 11 is 0. The van der Waals surface area contributed by atoms with Crippen LogP contribution in [-0.2, 0) is 13.0 Å². The standard InChI is InChI=1S/C24H31N3O5/c1-26(12-9-17-7-8-20(29-2)21(13-17)30-3)10-6-11-27-16-25-19-15-23(32-5)22(31-4)14-18(19)24(27)28/h7-8,13-16H,6,9-12H2,1-5H3. The molecule has 0 aliphatic heterocycles. The topological polar surface area (TPSA) is 75.0 Å². The van der Waals surface area contributed by atoms with Crippen molar-refractivity contribution in [3.05, 3.63) is 52.6 Å². The van der Waals surface area contributed by atoms with Gasteiger partial charge in [-0.05, 0) is 50.2 Å². The van der Waals surface area contributed by atoms with Gasteiger partial charge in [-0.3, -0.25) is 9.36 Å². The smallest absolute Gasteiger partial charge is 0.261 e. The van der Waals surface area contributed by atoms with Crippen LogP contribution in [-0.4, -0.2) is 63.0 Å². The Morgan fingerprint density at radius 2 is 1.53 bits per heavy atom. The highest BCUT2D eigenvalue weighted by molar-refractivity contribution is 5.81. The SMILES string of the molecule is COc1ccc(CCN(C)CCCn2cnc3cc(OC)c(OC)cc3c2=O)cc1OC. The molecule has 0 N–H and O–H groups in total. The van der Waals surface area contributed by atoms with Crippen molar-refractivity contribution in [1.29, 1.82) is 0 Å². The van der Waals surface area contributed by atoms with Crippen molar-refractivity contribution in [2.45, 2.75) is 19.4 Å². The summed E-state index contributed by atoms with van der Waals surface area (Å²) in [7, 11) is 8.47. The number of likely N-dealkylation sites (N-methyl/N-ethyl adjacent to an activating group) is 1. The highest BCUT2D eigenvalue weighted by Gasteiger charge is 2.11. The molecule has 0 amide bonds. The average molecular weight is 442 g/mol. The zero-order valence-electron chi connectivity index (χ0n) is 19.4. The first-order valence-electron chi connectivity index (χ1n) is 10.5. The number of methoxy groups -OCH3 is 4. The molecule has 0 saturated heterocycles. The van der Waals surface area contributed by atoms with Crippen LogP contribution in [0.15, 0.2) is 41.5 Å². The highest BCUT2D eigenvalue weighted by Crippen LogP contribution is 2.30. The number of fused-ring (bicyclic) bond motifs is 1. The fraction of sp³-hybridized carbons (Fsp3) is 0.417. The van der Waals surface area contributed by atoms with Crippen LogP contribution < -0.4 is 24.5 Å². The van der Waals surface area contributed by atoms with Gasteiger partial charge in [0.25, 0.3) is 5.56 Å². The Balaban J connectivity index is 1.57. The summed E-state index contributed by atoms with van der Waals surface area (Å²) in [4.78, 5) is 19.6. The van der Waals surface area contributed by atoms with E-state index in [0.29, 0.717) is 28.9 Å². The molecule has 0 spiro atoms. The molecular weight excluding hydrogens is 410 g/mol. The van der Waals surface area contributed by atoms with Gasteiger partial charge in [0, 0.05) is 19.2 Å². The minimum atomic E-state index is -0.0797. The van der Waals surface area contributed by atoms with Gasteiger partial charge in [-0.1, -0.05) is 6.07 Å². The molecule has 1 heterocycles. The van der Waals surface area contributed by atoms with Crippen molar-refractivity contribution < 1.29 is 18.9 Å². The molecule has 0 bridgehead atoms. The van der Waals surface area contributed by atoms with Crippen molar-refractivity contribution in [3.63, 3.8) is 0 Å². The lowest BCUT2D eigenvalue weighted by molar-refractivity contribution is 0.323. The number of aromatic nitrogens is 2. The van der Waals surface area contributed by atoms with Crippen molar-refractivity contribution in [2.75, 3.05) is 48.6 Å². The quantitative estimate of drug-likeness (QED) is 0.453. The van der Waals surface area contributed by atoms with Gasteiger partial charge >= 0.3 is 0 Å². The maximum atomic E-state index is 12.9. The molecule has 8 heteroatoms. The average Bonchev–Trinajstić information content (AvgIpc) is 2.83. The van der Waals surface area contributed by atoms with Crippen LogP contribution in [0.1, 0.15) is 12.0 Å². The van der Waals surface area contributed by atoms with E-state index >= 15 is 0 Å². The van der Waals surface area contributed by atoms with Crippen LogP contribution in [0.5, 0.6) is 23.0 Å². The summed E-state index contributed by atoms with van der Waals surface area (Å²) in [5.74, 6) is 2.55. The molecule has 0 radical (unpaired) electrons. The van der Waals surface area contributed by atoms with Gasteiger partial charge in [-0.2, -0.15) is 0 Å². The second-order valence-corrected chi connectivity index (χ2v) is 7.56. The third-order valence-corrected chi connectivity index (χ3v) is 5.50. The first-order valence-corrected chi connectivity index (χ1v) is 10.5. The first kappa shape index (κ1) is 23.4. The zero-order valence-corrected chi connectivity index (χ0v) is 19.4. The van der Waals surface area contributed by atoms with Crippen molar-refractivity contribution in [3.8, 4) is 23.0 Å². The maximum Gasteiger partial charge on any atom is 0.261 e. The lowest BCUT2D eigenvalue weighted by Crippen LogP contribution is -2.26. The van der Waals surface area contributed by atoms with E-state index in [4.69, 9.17) is 18.9 Å². The predicted octanol–water partition coefficient (Wildman–Crippen LogP) is 3.00. The molecule has 0 aliphatic carbocycles. The molecule has 3 rings (SSSR count). The van der Waals surface area contributed by atoms with Crippen LogP contribution in [0.3, 0.4) is 0 Å². The van der Waals surface area contributed by atoms with Crippen LogP contribution in [0.4, 0.5) is 0 Å². The Kier molecular flexibility index (Phi) is 7.94. The minimum Gasteiger partial charge on any atom is -0.493 e. The number of aryl methyl sites for hydroxylation is 1. The molecule has 1 aromatic heterocycles. The van der Waals surface area contributed by atoms with Crippen LogP contribution in [0.25, 0.3) is 10.9 Å². The van der Waals surface area contributed by atoms with Gasteiger partial charge in [0.15, 0.2) is 23.0 Å². The molecule has 32 heavy (non-hydrogen) atoms. The molecule has 8 nitrogen and oxygen atoms in total. The van der Waals surface area contributed by atoms with E-state index in [-0.39, 0.29) is 5.56 Å². The Morgan fingerprint density at radius 3 is 2.22 bits per heavy atom. The molecule has 0 fully saturated rings. The summed E-state index contributed by atoms with van der Waals surface area (Å²) in [6.45, 7) is 2.36. The van der Waals surface area contributed by atoms with E-state index in [0.717, 1.165) is 37.4 Å². The molecular formula is C24H31N3O5. The van der Waals surface area contributed by atoms with E-state index < -0.39 is 0 Å². The molecule has 0 aliphatic rings. The maximum absolute atomic E-state index is 12.9. The van der Waals surface area contributed by atoms with E-state index in [1.807, 2.05) is 12.1 Å². The molecule has 0 atom stereocenters. The summed E-state index contributed by atoms with van der Waals surface area (Å²) in [5, 5.41) is 0.520. The summed E-state index contributed by atoms with van der Waals surface area (Å²) in [5.41, 5.74) is 1.70. The molecule has 172 valence electrons. The van der Waals surface area contributed by atoms with E-state index in [2.05, 4.69) is 23.0 Å². The second-order valence-electron chi connectivity index (χ2n) is 7.56. The van der Waals surface area contributed by atoms with Crippen LogP contribution in [0.2, 0.25) is 0 Å². The third kappa shape index (κ3) is 5.31. The van der Waals surface area contributed by atoms with Gasteiger partial charge in [-0.25, -0.2) is 4.98 Å². The van der Waals surface area contributed by atoms with Crippen LogP contribution in [0, 0.1) is 0 Å². The van der Waals surface area contributed by atoms with Gasteiger partial charge in [0.05, 0.1) is 45.7 Å². The number of hydrogen-bond acceptors (Lipinski definition) is 7. The van der Waals surface area contributed by atoms with Gasteiger partial charge in [0.2, 0.25) is 0 Å². The lowest BCUT2D eigenvalue weighted by atomic mass is 10.1. The number of hydrogen-bond donors (Lipinski definition) is 0. The fourth-order valence-electron chi connectivity index (χ4n) is 3.62. The number of benzene rings is 2. The number of rotatable bonds is 11. The Labute approximate surface area is 188 Å². The van der Waals surface area contributed by atoms with E-state index in [1.54, 1.807) is 51.5 Å². The van der Waals surface area contributed by atoms with Crippen molar-refractivity contribution >= 4 is 10.9 Å². The highest BCUT2D eigenvalue weighted by atomic mass is 16.5. The Morgan fingerprint density at radius 1 is 0.875 bits per heavy atom. The molecule has 0 saturated carbocycles.